The molecule has 0 spiro atoms. The van der Waals surface area contributed by atoms with Gasteiger partial charge in [-0.05, 0) is 6.08 Å². The smallest absolute Gasteiger partial charge is 0.549 e. The summed E-state index contributed by atoms with van der Waals surface area (Å²) in [5.74, 6) is -1.77. The first-order valence-electron chi connectivity index (χ1n) is 2.52. The molecular formula is C5H7LiN2O3. The van der Waals surface area contributed by atoms with E-state index in [2.05, 4.69) is 12.0 Å². The molecule has 5 nitrogen and oxygen atoms in total. The average molecular weight is 150 g/mol. The fraction of sp³-hybridized carbons (Fsp3) is 0.200. The van der Waals surface area contributed by atoms with E-state index in [0.717, 1.165) is 6.08 Å². The normalized spacial score (nSPS) is 7.64. The molecule has 0 aliphatic carbocycles. The Balaban J connectivity index is 0. The maximum atomic E-state index is 10.3. The zero-order valence-electron chi connectivity index (χ0n) is 6.22. The van der Waals surface area contributed by atoms with Gasteiger partial charge in [-0.15, -0.1) is 0 Å². The van der Waals surface area contributed by atoms with E-state index in [9.17, 15) is 14.7 Å². The van der Waals surface area contributed by atoms with Gasteiger partial charge < -0.3 is 9.90 Å². The van der Waals surface area contributed by atoms with Crippen molar-refractivity contribution in [3.63, 3.8) is 0 Å². The second-order valence-corrected chi connectivity index (χ2v) is 1.42. The quantitative estimate of drug-likeness (QED) is 0.238. The zero-order chi connectivity index (χ0) is 7.98. The third kappa shape index (κ3) is 9.24. The molecule has 2 N–H and O–H groups in total. The number of nitrogens with one attached hydrogen (secondary N) is 2. The van der Waals surface area contributed by atoms with E-state index in [0.29, 0.717) is 0 Å². The van der Waals surface area contributed by atoms with E-state index in [1.807, 2.05) is 5.43 Å². The summed E-state index contributed by atoms with van der Waals surface area (Å²) in [5.41, 5.74) is 4.14. The van der Waals surface area contributed by atoms with E-state index in [1.54, 1.807) is 0 Å². The summed E-state index contributed by atoms with van der Waals surface area (Å²) in [6, 6.07) is 0. The first-order chi connectivity index (χ1) is 4.66. The van der Waals surface area contributed by atoms with E-state index < -0.39 is 18.4 Å². The maximum Gasteiger partial charge on any atom is 1.00 e. The molecule has 0 saturated heterocycles. The minimum atomic E-state index is -1.29. The Morgan fingerprint density at radius 3 is 2.45 bits per heavy atom. The standard InChI is InChI=1S/C5H8N2O3.Li/c1-2-4(8)7-6-3-5(9)10;/h2,6H,1,3H2,(H,7,8)(H,9,10);/q;+1/p-1. The Hall–Kier alpha value is -0.763. The van der Waals surface area contributed by atoms with Gasteiger partial charge in [0.25, 0.3) is 5.91 Å². The van der Waals surface area contributed by atoms with Gasteiger partial charge in [0, 0.05) is 0 Å². The van der Waals surface area contributed by atoms with Crippen LogP contribution in [0.1, 0.15) is 0 Å². The van der Waals surface area contributed by atoms with Crippen LogP contribution in [0, 0.1) is 0 Å². The van der Waals surface area contributed by atoms with Crippen LogP contribution in [0.5, 0.6) is 0 Å². The Morgan fingerprint density at radius 2 is 2.09 bits per heavy atom. The minimum Gasteiger partial charge on any atom is -0.549 e. The molecule has 0 aliphatic heterocycles. The van der Waals surface area contributed by atoms with Crippen LogP contribution in [0.3, 0.4) is 0 Å². The van der Waals surface area contributed by atoms with Crippen molar-refractivity contribution in [1.82, 2.24) is 10.9 Å². The SMILES string of the molecule is C=CC(=O)NNCC(=O)[O-].[Li+]. The molecule has 0 aliphatic rings. The van der Waals surface area contributed by atoms with Crippen LogP contribution in [-0.2, 0) is 9.59 Å². The van der Waals surface area contributed by atoms with Gasteiger partial charge in [0.05, 0.1) is 12.5 Å². The number of carbonyl (C=O) groups is 2. The van der Waals surface area contributed by atoms with Crippen molar-refractivity contribution in [2.45, 2.75) is 0 Å². The minimum absolute atomic E-state index is 0. The summed E-state index contributed by atoms with van der Waals surface area (Å²) in [4.78, 5) is 20.0. The van der Waals surface area contributed by atoms with Gasteiger partial charge in [-0.3, -0.25) is 10.2 Å². The number of hydrogen-bond donors (Lipinski definition) is 2. The molecule has 0 unspecified atom stereocenters. The van der Waals surface area contributed by atoms with Gasteiger partial charge in [0.1, 0.15) is 0 Å². The summed E-state index contributed by atoms with van der Waals surface area (Å²) in [7, 11) is 0. The Kier molecular flexibility index (Phi) is 8.60. The first-order valence-corrected chi connectivity index (χ1v) is 2.52. The Labute approximate surface area is 76.0 Å². The molecule has 0 heterocycles. The Bertz CT molecular complexity index is 160. The number of carboxylic acid groups (broad SMARTS) is 1. The zero-order valence-corrected chi connectivity index (χ0v) is 6.22. The van der Waals surface area contributed by atoms with Crippen LogP contribution in [-0.4, -0.2) is 18.4 Å². The van der Waals surface area contributed by atoms with Crippen molar-refractivity contribution in [3.05, 3.63) is 12.7 Å². The number of hydrogen-bond acceptors (Lipinski definition) is 4. The van der Waals surface area contributed by atoms with E-state index in [-0.39, 0.29) is 18.9 Å². The largest absolute Gasteiger partial charge is 1.00 e. The predicted octanol–water partition coefficient (Wildman–Crippen LogP) is -5.45. The van der Waals surface area contributed by atoms with Crippen molar-refractivity contribution in [2.75, 3.05) is 6.54 Å². The molecule has 0 fully saturated rings. The molecule has 1 amide bonds. The fourth-order valence-electron chi connectivity index (χ4n) is 0.255. The third-order valence-corrected chi connectivity index (χ3v) is 0.630. The van der Waals surface area contributed by atoms with Crippen molar-refractivity contribution in [3.8, 4) is 0 Å². The molecule has 56 valence electrons. The number of aliphatic carboxylic acids is 1. The molecule has 11 heavy (non-hydrogen) atoms. The molecule has 0 radical (unpaired) electrons. The van der Waals surface area contributed by atoms with Crippen molar-refractivity contribution < 1.29 is 33.6 Å². The molecule has 0 aromatic carbocycles. The second-order valence-electron chi connectivity index (χ2n) is 1.42. The summed E-state index contributed by atoms with van der Waals surface area (Å²) < 4.78 is 0. The topological polar surface area (TPSA) is 81.3 Å². The molecule has 0 atom stereocenters. The van der Waals surface area contributed by atoms with Gasteiger partial charge in [-0.25, -0.2) is 5.43 Å². The third-order valence-electron chi connectivity index (χ3n) is 0.630. The number of amides is 1. The van der Waals surface area contributed by atoms with E-state index in [4.69, 9.17) is 0 Å². The molecule has 0 rings (SSSR count). The molecule has 0 aromatic heterocycles. The van der Waals surface area contributed by atoms with Gasteiger partial charge in [-0.2, -0.15) is 0 Å². The predicted molar refractivity (Wildman–Crippen MR) is 31.3 cm³/mol. The summed E-state index contributed by atoms with van der Waals surface area (Å²) in [6.45, 7) is 2.73. The second kappa shape index (κ2) is 7.35. The van der Waals surface area contributed by atoms with Crippen LogP contribution < -0.4 is 34.8 Å². The number of rotatable bonds is 4. The summed E-state index contributed by atoms with van der Waals surface area (Å²) in [5, 5.41) is 9.72. The first kappa shape index (κ1) is 12.9. The molecular weight excluding hydrogens is 143 g/mol. The van der Waals surface area contributed by atoms with Crippen molar-refractivity contribution in [2.24, 2.45) is 0 Å². The van der Waals surface area contributed by atoms with Crippen molar-refractivity contribution in [1.29, 1.82) is 0 Å². The van der Waals surface area contributed by atoms with Gasteiger partial charge in [0.2, 0.25) is 0 Å². The summed E-state index contributed by atoms with van der Waals surface area (Å²) in [6.07, 6.45) is 1.02. The Morgan fingerprint density at radius 1 is 1.55 bits per heavy atom. The monoisotopic (exact) mass is 150 g/mol. The van der Waals surface area contributed by atoms with Gasteiger partial charge in [-0.1, -0.05) is 6.58 Å². The van der Waals surface area contributed by atoms with Crippen LogP contribution >= 0.6 is 0 Å². The number of carbonyl (C=O) groups excluding carboxylic acids is 2. The average Bonchev–Trinajstić information content (AvgIpc) is 1.87. The number of carboxylic acids is 1. The number of hydrazine groups is 1. The van der Waals surface area contributed by atoms with Gasteiger partial charge in [0.15, 0.2) is 0 Å². The van der Waals surface area contributed by atoms with Gasteiger partial charge >= 0.3 is 18.9 Å². The molecule has 6 heteroatoms. The van der Waals surface area contributed by atoms with Crippen LogP contribution in [0.25, 0.3) is 0 Å². The molecule has 0 saturated carbocycles. The summed E-state index contributed by atoms with van der Waals surface area (Å²) >= 11 is 0. The molecule has 0 aromatic rings. The van der Waals surface area contributed by atoms with E-state index in [1.165, 1.54) is 0 Å². The van der Waals surface area contributed by atoms with Crippen LogP contribution in [0.2, 0.25) is 0 Å². The van der Waals surface area contributed by atoms with Crippen LogP contribution in [0.15, 0.2) is 12.7 Å². The fourth-order valence-corrected chi connectivity index (χ4v) is 0.255. The molecule has 0 bridgehead atoms. The van der Waals surface area contributed by atoms with Crippen LogP contribution in [0.4, 0.5) is 0 Å². The van der Waals surface area contributed by atoms with Crippen molar-refractivity contribution >= 4 is 11.9 Å². The maximum absolute atomic E-state index is 10.3. The van der Waals surface area contributed by atoms with E-state index >= 15 is 0 Å².